The van der Waals surface area contributed by atoms with Crippen LogP contribution in [0.2, 0.25) is 0 Å². The van der Waals surface area contributed by atoms with Crippen molar-refractivity contribution in [3.05, 3.63) is 53.1 Å². The van der Waals surface area contributed by atoms with E-state index in [1.165, 1.54) is 0 Å². The fourth-order valence-corrected chi connectivity index (χ4v) is 1.99. The molecule has 0 saturated carbocycles. The molecule has 18 heavy (non-hydrogen) atoms. The van der Waals surface area contributed by atoms with Crippen LogP contribution < -0.4 is 5.32 Å². The van der Waals surface area contributed by atoms with Crippen molar-refractivity contribution in [2.75, 3.05) is 6.54 Å². The molecular weight excluding hydrogens is 226 g/mol. The van der Waals surface area contributed by atoms with E-state index in [0.29, 0.717) is 6.54 Å². The monoisotopic (exact) mass is 243 g/mol. The Kier molecular flexibility index (Phi) is 3.77. The molecule has 1 heterocycles. The minimum atomic E-state index is -0.00915. The lowest BCUT2D eigenvalue weighted by molar-refractivity contribution is 0.0953. The number of nitrogens with one attached hydrogen (secondary N) is 2. The topological polar surface area (TPSA) is 57.8 Å². The van der Waals surface area contributed by atoms with Gasteiger partial charge in [-0.1, -0.05) is 18.2 Å². The third-order valence-electron chi connectivity index (χ3n) is 2.94. The van der Waals surface area contributed by atoms with Gasteiger partial charge < -0.3 is 10.3 Å². The van der Waals surface area contributed by atoms with Crippen LogP contribution in [0, 0.1) is 13.8 Å². The highest BCUT2D eigenvalue weighted by Crippen LogP contribution is 2.12. The van der Waals surface area contributed by atoms with Crippen LogP contribution in [0.4, 0.5) is 0 Å². The molecule has 4 nitrogen and oxygen atoms in total. The molecular formula is C14H17N3O. The number of hydrogen-bond acceptors (Lipinski definition) is 2. The minimum absolute atomic E-state index is 0.00915. The van der Waals surface area contributed by atoms with Crippen molar-refractivity contribution in [3.63, 3.8) is 0 Å². The number of imidazole rings is 1. The van der Waals surface area contributed by atoms with Gasteiger partial charge in [-0.2, -0.15) is 0 Å². The maximum absolute atomic E-state index is 12.1. The summed E-state index contributed by atoms with van der Waals surface area (Å²) in [5.74, 6) is -0.00915. The van der Waals surface area contributed by atoms with Gasteiger partial charge in [-0.05, 0) is 25.0 Å². The average Bonchev–Trinajstić information content (AvgIpc) is 2.82. The molecule has 1 aromatic carbocycles. The number of hydrogen-bond donors (Lipinski definition) is 2. The van der Waals surface area contributed by atoms with Crippen LogP contribution in [0.3, 0.4) is 0 Å². The van der Waals surface area contributed by atoms with Crippen molar-refractivity contribution < 1.29 is 4.79 Å². The zero-order chi connectivity index (χ0) is 13.0. The van der Waals surface area contributed by atoms with E-state index in [0.717, 1.165) is 28.8 Å². The molecule has 0 aliphatic rings. The van der Waals surface area contributed by atoms with Gasteiger partial charge in [-0.25, -0.2) is 4.98 Å². The molecule has 0 aliphatic carbocycles. The first-order valence-corrected chi connectivity index (χ1v) is 6.00. The van der Waals surface area contributed by atoms with Crippen LogP contribution in [0.25, 0.3) is 0 Å². The zero-order valence-electron chi connectivity index (χ0n) is 10.7. The van der Waals surface area contributed by atoms with Gasteiger partial charge in [0.2, 0.25) is 0 Å². The van der Waals surface area contributed by atoms with Crippen molar-refractivity contribution in [3.8, 4) is 0 Å². The second-order valence-electron chi connectivity index (χ2n) is 4.35. The van der Waals surface area contributed by atoms with Gasteiger partial charge in [0.1, 0.15) is 0 Å². The minimum Gasteiger partial charge on any atom is -0.352 e. The number of amides is 1. The molecule has 0 unspecified atom stereocenters. The molecule has 0 spiro atoms. The summed E-state index contributed by atoms with van der Waals surface area (Å²) >= 11 is 0. The summed E-state index contributed by atoms with van der Waals surface area (Å²) < 4.78 is 0. The molecule has 4 heteroatoms. The Balaban J connectivity index is 1.96. The molecule has 1 aromatic heterocycles. The molecule has 1 amide bonds. The molecule has 0 atom stereocenters. The number of carbonyl (C=O) groups excluding carboxylic acids is 1. The van der Waals surface area contributed by atoms with Crippen molar-refractivity contribution in [2.24, 2.45) is 0 Å². The predicted molar refractivity (Wildman–Crippen MR) is 70.5 cm³/mol. The lowest BCUT2D eigenvalue weighted by Crippen LogP contribution is -2.27. The highest BCUT2D eigenvalue weighted by molar-refractivity contribution is 5.97. The van der Waals surface area contributed by atoms with E-state index < -0.39 is 0 Å². The Morgan fingerprint density at radius 2 is 2.06 bits per heavy atom. The second-order valence-corrected chi connectivity index (χ2v) is 4.35. The highest BCUT2D eigenvalue weighted by Gasteiger charge is 2.10. The fraction of sp³-hybridized carbons (Fsp3) is 0.286. The van der Waals surface area contributed by atoms with Crippen molar-refractivity contribution in [1.29, 1.82) is 0 Å². The quantitative estimate of drug-likeness (QED) is 0.863. The largest absolute Gasteiger partial charge is 0.352 e. The maximum atomic E-state index is 12.1. The fourth-order valence-electron chi connectivity index (χ4n) is 1.99. The van der Waals surface area contributed by atoms with Crippen LogP contribution >= 0.6 is 0 Å². The van der Waals surface area contributed by atoms with Gasteiger partial charge in [-0.3, -0.25) is 4.79 Å². The zero-order valence-corrected chi connectivity index (χ0v) is 10.7. The van der Waals surface area contributed by atoms with Gasteiger partial charge in [0.25, 0.3) is 5.91 Å². The average molecular weight is 243 g/mol. The van der Waals surface area contributed by atoms with E-state index in [9.17, 15) is 4.79 Å². The lowest BCUT2D eigenvalue weighted by Gasteiger charge is -2.09. The first kappa shape index (κ1) is 12.4. The maximum Gasteiger partial charge on any atom is 0.251 e. The molecule has 2 aromatic rings. The first-order chi connectivity index (χ1) is 8.68. The first-order valence-electron chi connectivity index (χ1n) is 6.00. The van der Waals surface area contributed by atoms with E-state index in [4.69, 9.17) is 0 Å². The van der Waals surface area contributed by atoms with Crippen molar-refractivity contribution >= 4 is 5.91 Å². The summed E-state index contributed by atoms with van der Waals surface area (Å²) in [7, 11) is 0. The van der Waals surface area contributed by atoms with Crippen molar-refractivity contribution in [2.45, 2.75) is 20.3 Å². The highest BCUT2D eigenvalue weighted by atomic mass is 16.1. The Hall–Kier alpha value is -2.10. The van der Waals surface area contributed by atoms with Crippen LogP contribution in [0.5, 0.6) is 0 Å². The van der Waals surface area contributed by atoms with Gasteiger partial charge in [-0.15, -0.1) is 0 Å². The van der Waals surface area contributed by atoms with Gasteiger partial charge >= 0.3 is 0 Å². The second kappa shape index (κ2) is 5.49. The van der Waals surface area contributed by atoms with Gasteiger partial charge in [0, 0.05) is 30.4 Å². The van der Waals surface area contributed by atoms with Crippen LogP contribution in [0.15, 0.2) is 30.7 Å². The third-order valence-corrected chi connectivity index (χ3v) is 2.94. The van der Waals surface area contributed by atoms with E-state index in [1.54, 1.807) is 12.5 Å². The summed E-state index contributed by atoms with van der Waals surface area (Å²) in [4.78, 5) is 19.0. The van der Waals surface area contributed by atoms with Crippen LogP contribution in [-0.2, 0) is 6.42 Å². The number of nitrogens with zero attached hydrogens (tertiary/aromatic N) is 1. The molecule has 2 N–H and O–H groups in total. The van der Waals surface area contributed by atoms with Crippen molar-refractivity contribution in [1.82, 2.24) is 15.3 Å². The molecule has 0 bridgehead atoms. The summed E-state index contributed by atoms with van der Waals surface area (Å²) in [6.07, 6.45) is 4.17. The summed E-state index contributed by atoms with van der Waals surface area (Å²) in [5, 5.41) is 2.93. The molecule has 0 aliphatic heterocycles. The number of aryl methyl sites for hydroxylation is 2. The third kappa shape index (κ3) is 2.77. The number of rotatable bonds is 4. The molecule has 2 rings (SSSR count). The molecule has 0 fully saturated rings. The van der Waals surface area contributed by atoms with Crippen LogP contribution in [0.1, 0.15) is 27.2 Å². The lowest BCUT2D eigenvalue weighted by atomic mass is 10.0. The number of H-pyrrole nitrogens is 1. The van der Waals surface area contributed by atoms with Gasteiger partial charge in [0.05, 0.1) is 6.33 Å². The Morgan fingerprint density at radius 1 is 1.33 bits per heavy atom. The number of aromatic amines is 1. The summed E-state index contributed by atoms with van der Waals surface area (Å²) in [6.45, 7) is 4.52. The smallest absolute Gasteiger partial charge is 0.251 e. The van der Waals surface area contributed by atoms with Crippen LogP contribution in [-0.4, -0.2) is 22.4 Å². The predicted octanol–water partition coefficient (Wildman–Crippen LogP) is 2.00. The van der Waals surface area contributed by atoms with E-state index in [1.807, 2.05) is 32.0 Å². The summed E-state index contributed by atoms with van der Waals surface area (Å²) in [5.41, 5.74) is 3.82. The van der Waals surface area contributed by atoms with E-state index in [-0.39, 0.29) is 5.91 Å². The molecule has 0 saturated heterocycles. The van der Waals surface area contributed by atoms with E-state index >= 15 is 0 Å². The Labute approximate surface area is 106 Å². The molecule has 94 valence electrons. The SMILES string of the molecule is Cc1cccc(C)c1C(=O)NCCc1cnc[nH]1. The standard InChI is InChI=1S/C14H17N3O/c1-10-4-3-5-11(2)13(10)14(18)16-7-6-12-8-15-9-17-12/h3-5,8-9H,6-7H2,1-2H3,(H,15,17)(H,16,18). The normalized spacial score (nSPS) is 10.3. The number of aromatic nitrogens is 2. The number of carbonyl (C=O) groups is 1. The molecule has 0 radical (unpaired) electrons. The van der Waals surface area contributed by atoms with Gasteiger partial charge in [0.15, 0.2) is 0 Å². The summed E-state index contributed by atoms with van der Waals surface area (Å²) in [6, 6.07) is 5.87. The van der Waals surface area contributed by atoms with E-state index in [2.05, 4.69) is 15.3 Å². The number of benzene rings is 1. The Bertz CT molecular complexity index is 512. The Morgan fingerprint density at radius 3 is 2.67 bits per heavy atom.